The van der Waals surface area contributed by atoms with Crippen LogP contribution in [0.5, 0.6) is 0 Å². The van der Waals surface area contributed by atoms with Crippen LogP contribution in [0.3, 0.4) is 0 Å². The van der Waals surface area contributed by atoms with E-state index in [-0.39, 0.29) is 11.9 Å². The van der Waals surface area contributed by atoms with Gasteiger partial charge in [0.05, 0.1) is 5.69 Å². The summed E-state index contributed by atoms with van der Waals surface area (Å²) < 4.78 is 3.84. The summed E-state index contributed by atoms with van der Waals surface area (Å²) >= 11 is 1.18. The van der Waals surface area contributed by atoms with E-state index in [4.69, 9.17) is 5.73 Å². The molecule has 1 fully saturated rings. The number of nitrogens with zero attached hydrogens (tertiary/aromatic N) is 3. The minimum atomic E-state index is 0.0435. The number of hydrogen-bond acceptors (Lipinski definition) is 5. The summed E-state index contributed by atoms with van der Waals surface area (Å²) in [6.07, 6.45) is 2.74. The minimum Gasteiger partial charge on any atom is -0.336 e. The normalized spacial score (nSPS) is 21.1. The highest BCUT2D eigenvalue weighted by Gasteiger charge is 2.25. The monoisotopic (exact) mass is 240 g/mol. The lowest BCUT2D eigenvalue weighted by molar-refractivity contribution is 0.0712. The Balaban J connectivity index is 2.12. The zero-order chi connectivity index (χ0) is 11.5. The molecule has 16 heavy (non-hydrogen) atoms. The number of carbonyl (C=O) groups excluding carboxylic acids is 1. The number of hydrogen-bond donors (Lipinski definition) is 1. The topological polar surface area (TPSA) is 72.1 Å². The van der Waals surface area contributed by atoms with Crippen molar-refractivity contribution in [3.05, 3.63) is 10.6 Å². The third-order valence-corrected chi connectivity index (χ3v) is 3.59. The standard InChI is InChI=1S/C10H16N4OS/c1-2-8-9(16-13-12-8)10(15)14-5-3-4-7(11)6-14/h7H,2-6,11H2,1H3. The van der Waals surface area contributed by atoms with E-state index in [0.29, 0.717) is 11.4 Å². The van der Waals surface area contributed by atoms with Gasteiger partial charge in [0.15, 0.2) is 0 Å². The molecule has 0 spiro atoms. The molecule has 6 heteroatoms. The lowest BCUT2D eigenvalue weighted by atomic mass is 10.1. The smallest absolute Gasteiger partial charge is 0.267 e. The van der Waals surface area contributed by atoms with Crippen LogP contribution in [-0.2, 0) is 6.42 Å². The largest absolute Gasteiger partial charge is 0.336 e. The van der Waals surface area contributed by atoms with Gasteiger partial charge in [0.2, 0.25) is 0 Å². The average Bonchev–Trinajstić information content (AvgIpc) is 2.76. The van der Waals surface area contributed by atoms with Gasteiger partial charge in [-0.15, -0.1) is 5.10 Å². The lowest BCUT2D eigenvalue weighted by Crippen LogP contribution is -2.45. The molecule has 2 N–H and O–H groups in total. The molecular formula is C10H16N4OS. The maximum absolute atomic E-state index is 12.2. The summed E-state index contributed by atoms with van der Waals surface area (Å²) in [7, 11) is 0. The maximum atomic E-state index is 12.2. The SMILES string of the molecule is CCc1nnsc1C(=O)N1CCCC(N)C1. The molecule has 0 radical (unpaired) electrons. The molecule has 5 nitrogen and oxygen atoms in total. The van der Waals surface area contributed by atoms with Crippen molar-refractivity contribution in [2.24, 2.45) is 5.73 Å². The molecule has 0 aliphatic carbocycles. The van der Waals surface area contributed by atoms with Gasteiger partial charge in [-0.05, 0) is 30.8 Å². The number of rotatable bonds is 2. The number of aromatic nitrogens is 2. The Bertz CT molecular complexity index is 379. The van der Waals surface area contributed by atoms with Crippen LogP contribution in [0.2, 0.25) is 0 Å². The van der Waals surface area contributed by atoms with Crippen molar-refractivity contribution in [3.63, 3.8) is 0 Å². The van der Waals surface area contributed by atoms with Crippen LogP contribution < -0.4 is 5.73 Å². The van der Waals surface area contributed by atoms with Gasteiger partial charge in [-0.25, -0.2) is 0 Å². The summed E-state index contributed by atoms with van der Waals surface area (Å²) in [4.78, 5) is 14.7. The molecule has 1 unspecified atom stereocenters. The molecule has 1 aromatic rings. The molecule has 1 aliphatic rings. The highest BCUT2D eigenvalue weighted by atomic mass is 32.1. The van der Waals surface area contributed by atoms with Gasteiger partial charge in [-0.2, -0.15) is 0 Å². The Hall–Kier alpha value is -1.01. The zero-order valence-electron chi connectivity index (χ0n) is 9.35. The lowest BCUT2D eigenvalue weighted by Gasteiger charge is -2.30. The summed E-state index contributed by atoms with van der Waals surface area (Å²) in [6.45, 7) is 3.43. The molecule has 1 aliphatic heterocycles. The van der Waals surface area contributed by atoms with E-state index in [9.17, 15) is 4.79 Å². The first-order valence-corrected chi connectivity index (χ1v) is 6.35. The van der Waals surface area contributed by atoms with Crippen molar-refractivity contribution in [3.8, 4) is 0 Å². The zero-order valence-corrected chi connectivity index (χ0v) is 10.2. The number of nitrogens with two attached hydrogens (primary N) is 1. The summed E-state index contributed by atoms with van der Waals surface area (Å²) in [6, 6.07) is 0.114. The van der Waals surface area contributed by atoms with Crippen molar-refractivity contribution in [2.75, 3.05) is 13.1 Å². The Labute approximate surface area is 98.8 Å². The molecular weight excluding hydrogens is 224 g/mol. The number of likely N-dealkylation sites (tertiary alicyclic amines) is 1. The first kappa shape index (κ1) is 11.5. The first-order chi connectivity index (χ1) is 7.72. The van der Waals surface area contributed by atoms with Crippen LogP contribution in [-0.4, -0.2) is 39.5 Å². The van der Waals surface area contributed by atoms with Crippen molar-refractivity contribution in [1.29, 1.82) is 0 Å². The number of aryl methyl sites for hydroxylation is 1. The molecule has 2 rings (SSSR count). The van der Waals surface area contributed by atoms with Gasteiger partial charge < -0.3 is 10.6 Å². The molecule has 88 valence electrons. The Morgan fingerprint density at radius 3 is 3.19 bits per heavy atom. The fraction of sp³-hybridized carbons (Fsp3) is 0.700. The number of amides is 1. The van der Waals surface area contributed by atoms with E-state index in [1.807, 2.05) is 11.8 Å². The third-order valence-electron chi connectivity index (χ3n) is 2.83. The van der Waals surface area contributed by atoms with E-state index in [2.05, 4.69) is 9.59 Å². The fourth-order valence-electron chi connectivity index (χ4n) is 1.94. The molecule has 1 atom stereocenters. The quantitative estimate of drug-likeness (QED) is 0.824. The van der Waals surface area contributed by atoms with Gasteiger partial charge in [0.25, 0.3) is 5.91 Å². The van der Waals surface area contributed by atoms with Gasteiger partial charge in [-0.1, -0.05) is 11.4 Å². The predicted molar refractivity (Wildman–Crippen MR) is 62.4 cm³/mol. The van der Waals surface area contributed by atoms with Crippen LogP contribution in [0.1, 0.15) is 35.1 Å². The van der Waals surface area contributed by atoms with E-state index in [1.165, 1.54) is 11.5 Å². The predicted octanol–water partition coefficient (Wildman–Crippen LogP) is 0.664. The second-order valence-electron chi connectivity index (χ2n) is 4.06. The van der Waals surface area contributed by atoms with E-state index < -0.39 is 0 Å². The van der Waals surface area contributed by atoms with Crippen LogP contribution in [0.4, 0.5) is 0 Å². The molecule has 2 heterocycles. The Morgan fingerprint density at radius 1 is 1.69 bits per heavy atom. The molecule has 1 saturated heterocycles. The van der Waals surface area contributed by atoms with E-state index >= 15 is 0 Å². The minimum absolute atomic E-state index is 0.0435. The maximum Gasteiger partial charge on any atom is 0.267 e. The third kappa shape index (κ3) is 2.22. The molecule has 1 amide bonds. The second-order valence-corrected chi connectivity index (χ2v) is 4.81. The van der Waals surface area contributed by atoms with Crippen molar-refractivity contribution in [2.45, 2.75) is 32.2 Å². The highest BCUT2D eigenvalue weighted by molar-refractivity contribution is 7.08. The number of piperidine rings is 1. The van der Waals surface area contributed by atoms with E-state index in [1.54, 1.807) is 0 Å². The van der Waals surface area contributed by atoms with E-state index in [0.717, 1.165) is 31.5 Å². The fourth-order valence-corrected chi connectivity index (χ4v) is 2.66. The van der Waals surface area contributed by atoms with Crippen molar-refractivity contribution < 1.29 is 4.79 Å². The summed E-state index contributed by atoms with van der Waals surface area (Å²) in [5.74, 6) is 0.0435. The number of carbonyl (C=O) groups is 1. The first-order valence-electron chi connectivity index (χ1n) is 5.58. The van der Waals surface area contributed by atoms with Crippen LogP contribution in [0, 0.1) is 0 Å². The van der Waals surface area contributed by atoms with Gasteiger partial charge in [-0.3, -0.25) is 4.79 Å². The Kier molecular flexibility index (Phi) is 3.50. The van der Waals surface area contributed by atoms with Gasteiger partial charge in [0, 0.05) is 19.1 Å². The molecule has 1 aromatic heterocycles. The summed E-state index contributed by atoms with van der Waals surface area (Å²) in [5, 5.41) is 3.96. The van der Waals surface area contributed by atoms with Crippen molar-refractivity contribution >= 4 is 17.4 Å². The average molecular weight is 240 g/mol. The van der Waals surface area contributed by atoms with Crippen LogP contribution >= 0.6 is 11.5 Å². The van der Waals surface area contributed by atoms with Crippen LogP contribution in [0.15, 0.2) is 0 Å². The second kappa shape index (κ2) is 4.88. The van der Waals surface area contributed by atoms with Crippen LogP contribution in [0.25, 0.3) is 0 Å². The van der Waals surface area contributed by atoms with Crippen molar-refractivity contribution in [1.82, 2.24) is 14.5 Å². The Morgan fingerprint density at radius 2 is 2.50 bits per heavy atom. The van der Waals surface area contributed by atoms with Gasteiger partial charge in [0.1, 0.15) is 4.88 Å². The highest BCUT2D eigenvalue weighted by Crippen LogP contribution is 2.17. The van der Waals surface area contributed by atoms with Gasteiger partial charge >= 0.3 is 0 Å². The molecule has 0 aromatic carbocycles. The summed E-state index contributed by atoms with van der Waals surface area (Å²) in [5.41, 5.74) is 6.67. The molecule has 0 bridgehead atoms. The molecule has 0 saturated carbocycles.